The molecule has 2 aromatic heterocycles. The standard InChI is InChI=1S/C17H26N6O3S/c1-11-16(12(2)26-21-11)27(24,25)23(5)10-13-9-15(22(3)4)20-17(19-13)14-7-6-8-18-14/h9,14,18H,6-8,10H2,1-5H3/t14-/m0/s1. The fourth-order valence-electron chi connectivity index (χ4n) is 3.19. The lowest BCUT2D eigenvalue weighted by molar-refractivity contribution is 0.389. The molecule has 9 nitrogen and oxygen atoms in total. The van der Waals surface area contributed by atoms with Crippen molar-refractivity contribution in [3.8, 4) is 0 Å². The first kappa shape index (κ1) is 19.7. The molecule has 1 fully saturated rings. The van der Waals surface area contributed by atoms with Gasteiger partial charge in [-0.25, -0.2) is 18.4 Å². The molecule has 1 atom stereocenters. The fourth-order valence-corrected chi connectivity index (χ4v) is 4.61. The first-order valence-electron chi connectivity index (χ1n) is 8.88. The van der Waals surface area contributed by atoms with Crippen LogP contribution in [0, 0.1) is 13.8 Å². The maximum Gasteiger partial charge on any atom is 0.248 e. The molecule has 0 aliphatic carbocycles. The van der Waals surface area contributed by atoms with E-state index in [0.717, 1.165) is 25.2 Å². The molecule has 10 heteroatoms. The molecule has 0 aromatic carbocycles. The van der Waals surface area contributed by atoms with Gasteiger partial charge in [-0.3, -0.25) is 0 Å². The molecule has 0 radical (unpaired) electrons. The average Bonchev–Trinajstić information content (AvgIpc) is 3.24. The molecule has 0 amide bonds. The molecule has 1 aliphatic heterocycles. The number of aryl methyl sites for hydroxylation is 2. The monoisotopic (exact) mass is 394 g/mol. The molecule has 0 bridgehead atoms. The topological polar surface area (TPSA) is 104 Å². The van der Waals surface area contributed by atoms with Gasteiger partial charge in [0.2, 0.25) is 10.0 Å². The van der Waals surface area contributed by atoms with Crippen molar-refractivity contribution >= 4 is 15.8 Å². The maximum atomic E-state index is 13.0. The lowest BCUT2D eigenvalue weighted by Crippen LogP contribution is -2.28. The number of hydrogen-bond acceptors (Lipinski definition) is 8. The van der Waals surface area contributed by atoms with Crippen molar-refractivity contribution in [1.29, 1.82) is 0 Å². The van der Waals surface area contributed by atoms with Crippen LogP contribution < -0.4 is 10.2 Å². The number of anilines is 1. The minimum absolute atomic E-state index is 0.105. The van der Waals surface area contributed by atoms with Gasteiger partial charge in [-0.05, 0) is 33.2 Å². The number of rotatable bonds is 6. The smallest absolute Gasteiger partial charge is 0.248 e. The summed E-state index contributed by atoms with van der Waals surface area (Å²) < 4.78 is 32.2. The zero-order valence-electron chi connectivity index (χ0n) is 16.4. The van der Waals surface area contributed by atoms with Gasteiger partial charge in [0.25, 0.3) is 0 Å². The molecular formula is C17H26N6O3S. The Hall–Kier alpha value is -2.04. The van der Waals surface area contributed by atoms with Crippen molar-refractivity contribution in [1.82, 2.24) is 24.7 Å². The van der Waals surface area contributed by atoms with E-state index in [1.165, 1.54) is 11.4 Å². The first-order chi connectivity index (χ1) is 12.7. The second-order valence-corrected chi connectivity index (χ2v) is 9.02. The Morgan fingerprint density at radius 2 is 2.00 bits per heavy atom. The molecule has 1 N–H and O–H groups in total. The summed E-state index contributed by atoms with van der Waals surface area (Å²) in [6.45, 7) is 4.29. The molecule has 2 aromatic rings. The molecule has 3 rings (SSSR count). The summed E-state index contributed by atoms with van der Waals surface area (Å²) in [7, 11) is 1.61. The Labute approximate surface area is 159 Å². The number of nitrogens with zero attached hydrogens (tertiary/aromatic N) is 5. The minimum Gasteiger partial charge on any atom is -0.363 e. The van der Waals surface area contributed by atoms with E-state index in [-0.39, 0.29) is 23.2 Å². The van der Waals surface area contributed by atoms with Crippen molar-refractivity contribution in [3.63, 3.8) is 0 Å². The van der Waals surface area contributed by atoms with Crippen LogP contribution in [-0.2, 0) is 16.6 Å². The summed E-state index contributed by atoms with van der Waals surface area (Å²) in [5.74, 6) is 1.75. The molecule has 1 saturated heterocycles. The van der Waals surface area contributed by atoms with E-state index in [2.05, 4.69) is 20.4 Å². The molecule has 1 aliphatic rings. The van der Waals surface area contributed by atoms with E-state index in [0.29, 0.717) is 17.2 Å². The number of nitrogens with one attached hydrogen (secondary N) is 1. The zero-order valence-corrected chi connectivity index (χ0v) is 17.2. The normalized spacial score (nSPS) is 17.6. The highest BCUT2D eigenvalue weighted by Crippen LogP contribution is 2.25. The van der Waals surface area contributed by atoms with Crippen LogP contribution in [-0.4, -0.2) is 55.5 Å². The summed E-state index contributed by atoms with van der Waals surface area (Å²) in [5.41, 5.74) is 1.00. The summed E-state index contributed by atoms with van der Waals surface area (Å²) in [6.07, 6.45) is 2.05. The van der Waals surface area contributed by atoms with Gasteiger partial charge in [0.1, 0.15) is 22.2 Å². The molecule has 3 heterocycles. The predicted molar refractivity (Wildman–Crippen MR) is 101 cm³/mol. The van der Waals surface area contributed by atoms with E-state index in [1.54, 1.807) is 13.8 Å². The third-order valence-electron chi connectivity index (χ3n) is 4.63. The SMILES string of the molecule is Cc1noc(C)c1S(=O)(=O)N(C)Cc1cc(N(C)C)nc([C@@H]2CCCN2)n1. The minimum atomic E-state index is -3.73. The lowest BCUT2D eigenvalue weighted by atomic mass is 10.2. The van der Waals surface area contributed by atoms with Crippen molar-refractivity contribution in [3.05, 3.63) is 29.0 Å². The van der Waals surface area contributed by atoms with Crippen LogP contribution in [0.5, 0.6) is 0 Å². The van der Waals surface area contributed by atoms with Gasteiger partial charge in [-0.1, -0.05) is 5.16 Å². The summed E-state index contributed by atoms with van der Waals surface area (Å²) in [5, 5.41) is 7.15. The average molecular weight is 395 g/mol. The molecule has 0 saturated carbocycles. The van der Waals surface area contributed by atoms with Crippen LogP contribution in [0.25, 0.3) is 0 Å². The van der Waals surface area contributed by atoms with Gasteiger partial charge in [0.15, 0.2) is 5.76 Å². The lowest BCUT2D eigenvalue weighted by Gasteiger charge is -2.20. The van der Waals surface area contributed by atoms with Gasteiger partial charge < -0.3 is 14.7 Å². The van der Waals surface area contributed by atoms with Crippen molar-refractivity contribution in [2.75, 3.05) is 32.6 Å². The quantitative estimate of drug-likeness (QED) is 0.784. The van der Waals surface area contributed by atoms with E-state index in [9.17, 15) is 8.42 Å². The highest BCUT2D eigenvalue weighted by atomic mass is 32.2. The van der Waals surface area contributed by atoms with Crippen LogP contribution in [0.1, 0.15) is 41.9 Å². The van der Waals surface area contributed by atoms with Crippen LogP contribution in [0.3, 0.4) is 0 Å². The van der Waals surface area contributed by atoms with E-state index >= 15 is 0 Å². The van der Waals surface area contributed by atoms with Crippen LogP contribution in [0.4, 0.5) is 5.82 Å². The number of hydrogen-bond donors (Lipinski definition) is 1. The van der Waals surface area contributed by atoms with Crippen molar-refractivity contribution < 1.29 is 12.9 Å². The molecular weight excluding hydrogens is 368 g/mol. The van der Waals surface area contributed by atoms with Gasteiger partial charge >= 0.3 is 0 Å². The highest BCUT2D eigenvalue weighted by Gasteiger charge is 2.29. The van der Waals surface area contributed by atoms with Crippen LogP contribution in [0.2, 0.25) is 0 Å². The van der Waals surface area contributed by atoms with Gasteiger partial charge in [-0.2, -0.15) is 4.31 Å². The Morgan fingerprint density at radius 1 is 1.26 bits per heavy atom. The summed E-state index contributed by atoms with van der Waals surface area (Å²) >= 11 is 0. The summed E-state index contributed by atoms with van der Waals surface area (Å²) in [4.78, 5) is 11.3. The van der Waals surface area contributed by atoms with E-state index < -0.39 is 10.0 Å². The second-order valence-electron chi connectivity index (χ2n) is 7.03. The van der Waals surface area contributed by atoms with Gasteiger partial charge in [0.05, 0.1) is 18.3 Å². The van der Waals surface area contributed by atoms with Gasteiger partial charge in [-0.15, -0.1) is 0 Å². The molecule has 27 heavy (non-hydrogen) atoms. The largest absolute Gasteiger partial charge is 0.363 e. The third kappa shape index (κ3) is 3.97. The molecule has 148 valence electrons. The Bertz CT molecular complexity index is 899. The van der Waals surface area contributed by atoms with E-state index in [4.69, 9.17) is 4.52 Å². The third-order valence-corrected chi connectivity index (χ3v) is 6.68. The van der Waals surface area contributed by atoms with Crippen molar-refractivity contribution in [2.24, 2.45) is 0 Å². The van der Waals surface area contributed by atoms with Crippen LogP contribution >= 0.6 is 0 Å². The van der Waals surface area contributed by atoms with Gasteiger partial charge in [0, 0.05) is 27.2 Å². The fraction of sp³-hybridized carbons (Fsp3) is 0.588. The van der Waals surface area contributed by atoms with Crippen molar-refractivity contribution in [2.45, 2.75) is 44.2 Å². The van der Waals surface area contributed by atoms with E-state index in [1.807, 2.05) is 25.1 Å². The number of sulfonamides is 1. The van der Waals surface area contributed by atoms with Crippen LogP contribution in [0.15, 0.2) is 15.5 Å². The zero-order chi connectivity index (χ0) is 19.8. The number of aromatic nitrogens is 3. The Morgan fingerprint density at radius 3 is 2.56 bits per heavy atom. The Balaban J connectivity index is 1.92. The first-order valence-corrected chi connectivity index (χ1v) is 10.3. The maximum absolute atomic E-state index is 13.0. The summed E-state index contributed by atoms with van der Waals surface area (Å²) in [6, 6.07) is 1.92. The predicted octanol–water partition coefficient (Wildman–Crippen LogP) is 1.39. The Kier molecular flexibility index (Phi) is 5.50. The highest BCUT2D eigenvalue weighted by molar-refractivity contribution is 7.89. The molecule has 0 unspecified atom stereocenters. The molecule has 0 spiro atoms. The second kappa shape index (κ2) is 7.53.